The van der Waals surface area contributed by atoms with Crippen LogP contribution in [0.1, 0.15) is 37.0 Å². The minimum atomic E-state index is -0.585. The molecule has 3 nitrogen and oxygen atoms in total. The van der Waals surface area contributed by atoms with Gasteiger partial charge in [-0.25, -0.2) is 4.39 Å². The van der Waals surface area contributed by atoms with Gasteiger partial charge in [0.2, 0.25) is 0 Å². The minimum Gasteiger partial charge on any atom is -0.393 e. The lowest BCUT2D eigenvalue weighted by atomic mass is 9.92. The smallest absolute Gasteiger partial charge is 0.123 e. The predicted molar refractivity (Wildman–Crippen MR) is 76.9 cm³/mol. The third-order valence-electron chi connectivity index (χ3n) is 4.34. The standard InChI is InChI=1S/C16H24FNO2/c1-11-9-14(17)3-4-15(11)16(20)10-18-7-5-13(6-8-18)12(2)19/h3-4,9,12-13,16,19-20H,5-8,10H2,1-2H3. The lowest BCUT2D eigenvalue weighted by Crippen LogP contribution is -2.39. The highest BCUT2D eigenvalue weighted by Gasteiger charge is 2.24. The monoisotopic (exact) mass is 281 g/mol. The summed E-state index contributed by atoms with van der Waals surface area (Å²) < 4.78 is 13.1. The average molecular weight is 281 g/mol. The van der Waals surface area contributed by atoms with Crippen molar-refractivity contribution in [2.24, 2.45) is 5.92 Å². The fourth-order valence-electron chi connectivity index (χ4n) is 2.97. The molecule has 2 N–H and O–H groups in total. The number of likely N-dealkylation sites (tertiary alicyclic amines) is 1. The van der Waals surface area contributed by atoms with E-state index < -0.39 is 6.10 Å². The molecule has 4 heteroatoms. The summed E-state index contributed by atoms with van der Waals surface area (Å²) in [5.74, 6) is 0.104. The molecule has 0 aromatic heterocycles. The maximum atomic E-state index is 13.1. The highest BCUT2D eigenvalue weighted by Crippen LogP contribution is 2.24. The molecule has 0 bridgehead atoms. The molecule has 1 saturated heterocycles. The van der Waals surface area contributed by atoms with Crippen LogP contribution in [-0.4, -0.2) is 40.9 Å². The number of aryl methyl sites for hydroxylation is 1. The van der Waals surface area contributed by atoms with Crippen molar-refractivity contribution in [2.45, 2.75) is 38.9 Å². The van der Waals surface area contributed by atoms with E-state index in [4.69, 9.17) is 0 Å². The van der Waals surface area contributed by atoms with Crippen LogP contribution in [-0.2, 0) is 0 Å². The van der Waals surface area contributed by atoms with Crippen molar-refractivity contribution in [1.29, 1.82) is 0 Å². The highest BCUT2D eigenvalue weighted by molar-refractivity contribution is 5.28. The van der Waals surface area contributed by atoms with Crippen LogP contribution in [0.4, 0.5) is 4.39 Å². The van der Waals surface area contributed by atoms with Crippen molar-refractivity contribution in [3.63, 3.8) is 0 Å². The van der Waals surface area contributed by atoms with Gasteiger partial charge in [0, 0.05) is 6.54 Å². The Morgan fingerprint density at radius 1 is 1.30 bits per heavy atom. The molecule has 1 aliphatic heterocycles. The van der Waals surface area contributed by atoms with Gasteiger partial charge in [-0.05, 0) is 69.0 Å². The zero-order chi connectivity index (χ0) is 14.7. The second kappa shape index (κ2) is 6.66. The van der Waals surface area contributed by atoms with Gasteiger partial charge in [0.15, 0.2) is 0 Å². The summed E-state index contributed by atoms with van der Waals surface area (Å²) >= 11 is 0. The molecule has 1 fully saturated rings. The summed E-state index contributed by atoms with van der Waals surface area (Å²) in [6, 6.07) is 4.52. The molecule has 0 amide bonds. The number of rotatable bonds is 4. The zero-order valence-electron chi connectivity index (χ0n) is 12.2. The number of nitrogens with zero attached hydrogens (tertiary/aromatic N) is 1. The molecule has 1 aromatic rings. The lowest BCUT2D eigenvalue weighted by Gasteiger charge is -2.34. The molecular weight excluding hydrogens is 257 g/mol. The Morgan fingerprint density at radius 2 is 1.95 bits per heavy atom. The summed E-state index contributed by atoms with van der Waals surface area (Å²) in [4.78, 5) is 2.21. The molecule has 20 heavy (non-hydrogen) atoms. The molecule has 0 saturated carbocycles. The van der Waals surface area contributed by atoms with E-state index in [2.05, 4.69) is 4.90 Å². The summed E-state index contributed by atoms with van der Waals surface area (Å²) in [6.45, 7) is 6.02. The largest absolute Gasteiger partial charge is 0.393 e. The SMILES string of the molecule is Cc1cc(F)ccc1C(O)CN1CCC(C(C)O)CC1. The van der Waals surface area contributed by atoms with Gasteiger partial charge in [-0.3, -0.25) is 0 Å². The summed E-state index contributed by atoms with van der Waals surface area (Å²) in [5, 5.41) is 19.9. The van der Waals surface area contributed by atoms with Crippen LogP contribution in [0.15, 0.2) is 18.2 Å². The van der Waals surface area contributed by atoms with Crippen molar-refractivity contribution in [1.82, 2.24) is 4.90 Å². The van der Waals surface area contributed by atoms with Gasteiger partial charge >= 0.3 is 0 Å². The second-order valence-electron chi connectivity index (χ2n) is 5.90. The van der Waals surface area contributed by atoms with Crippen molar-refractivity contribution in [3.8, 4) is 0 Å². The predicted octanol–water partition coefficient (Wildman–Crippen LogP) is 2.26. The normalized spacial score (nSPS) is 20.9. The number of aliphatic hydroxyl groups excluding tert-OH is 2. The Hall–Kier alpha value is -0.970. The first-order valence-electron chi connectivity index (χ1n) is 7.32. The van der Waals surface area contributed by atoms with Crippen LogP contribution >= 0.6 is 0 Å². The molecule has 2 rings (SSSR count). The molecule has 112 valence electrons. The van der Waals surface area contributed by atoms with Crippen LogP contribution in [0.5, 0.6) is 0 Å². The maximum Gasteiger partial charge on any atom is 0.123 e. The quantitative estimate of drug-likeness (QED) is 0.889. The molecule has 1 aliphatic rings. The highest BCUT2D eigenvalue weighted by atomic mass is 19.1. The van der Waals surface area contributed by atoms with Crippen LogP contribution < -0.4 is 0 Å². The third-order valence-corrected chi connectivity index (χ3v) is 4.34. The van der Waals surface area contributed by atoms with Crippen molar-refractivity contribution in [2.75, 3.05) is 19.6 Å². The number of benzene rings is 1. The van der Waals surface area contributed by atoms with E-state index >= 15 is 0 Å². The first kappa shape index (κ1) is 15.4. The van der Waals surface area contributed by atoms with Gasteiger partial charge in [-0.1, -0.05) is 6.07 Å². The fourth-order valence-corrected chi connectivity index (χ4v) is 2.97. The number of hydrogen-bond donors (Lipinski definition) is 2. The number of β-amino-alcohol motifs (C(OH)–C–C–N with tert-alkyl or cyclic N) is 1. The Balaban J connectivity index is 1.90. The third kappa shape index (κ3) is 3.78. The first-order chi connectivity index (χ1) is 9.47. The summed E-state index contributed by atoms with van der Waals surface area (Å²) in [7, 11) is 0. The molecule has 2 atom stereocenters. The molecule has 0 radical (unpaired) electrons. The van der Waals surface area contributed by atoms with E-state index in [1.807, 2.05) is 13.8 Å². The zero-order valence-corrected chi connectivity index (χ0v) is 12.2. The van der Waals surface area contributed by atoms with Gasteiger partial charge in [-0.15, -0.1) is 0 Å². The molecule has 1 heterocycles. The van der Waals surface area contributed by atoms with Gasteiger partial charge in [0.1, 0.15) is 5.82 Å². The first-order valence-corrected chi connectivity index (χ1v) is 7.32. The van der Waals surface area contributed by atoms with Gasteiger partial charge in [0.25, 0.3) is 0 Å². The van der Waals surface area contributed by atoms with Crippen LogP contribution in [0.3, 0.4) is 0 Å². The van der Waals surface area contributed by atoms with Crippen molar-refractivity contribution >= 4 is 0 Å². The fraction of sp³-hybridized carbons (Fsp3) is 0.625. The number of halogens is 1. The number of piperidine rings is 1. The molecule has 0 spiro atoms. The number of hydrogen-bond acceptors (Lipinski definition) is 3. The molecule has 0 aliphatic carbocycles. The average Bonchev–Trinajstić information content (AvgIpc) is 2.39. The summed E-state index contributed by atoms with van der Waals surface area (Å²) in [6.07, 6.45) is 1.10. The Bertz CT molecular complexity index is 442. The van der Waals surface area contributed by atoms with Crippen molar-refractivity contribution < 1.29 is 14.6 Å². The number of aliphatic hydroxyl groups is 2. The lowest BCUT2D eigenvalue weighted by molar-refractivity contribution is 0.0484. The van der Waals surface area contributed by atoms with E-state index in [0.717, 1.165) is 37.1 Å². The Morgan fingerprint density at radius 3 is 2.50 bits per heavy atom. The van der Waals surface area contributed by atoms with Crippen LogP contribution in [0.25, 0.3) is 0 Å². The van der Waals surface area contributed by atoms with Gasteiger partial charge in [0.05, 0.1) is 12.2 Å². The van der Waals surface area contributed by atoms with E-state index in [1.165, 1.54) is 12.1 Å². The van der Waals surface area contributed by atoms with Crippen molar-refractivity contribution in [3.05, 3.63) is 35.1 Å². The van der Waals surface area contributed by atoms with E-state index in [0.29, 0.717) is 12.5 Å². The Kier molecular flexibility index (Phi) is 5.13. The maximum absolute atomic E-state index is 13.1. The topological polar surface area (TPSA) is 43.7 Å². The molecule has 1 aromatic carbocycles. The van der Waals surface area contributed by atoms with Gasteiger partial charge in [-0.2, -0.15) is 0 Å². The minimum absolute atomic E-state index is 0.249. The van der Waals surface area contributed by atoms with Crippen LogP contribution in [0.2, 0.25) is 0 Å². The molecular formula is C16H24FNO2. The van der Waals surface area contributed by atoms with E-state index in [1.54, 1.807) is 6.07 Å². The van der Waals surface area contributed by atoms with E-state index in [-0.39, 0.29) is 11.9 Å². The molecule has 2 unspecified atom stereocenters. The second-order valence-corrected chi connectivity index (χ2v) is 5.90. The Labute approximate surface area is 120 Å². The van der Waals surface area contributed by atoms with E-state index in [9.17, 15) is 14.6 Å². The van der Waals surface area contributed by atoms with Gasteiger partial charge < -0.3 is 15.1 Å². The van der Waals surface area contributed by atoms with Crippen LogP contribution in [0, 0.1) is 18.7 Å². The summed E-state index contributed by atoms with van der Waals surface area (Å²) in [5.41, 5.74) is 1.58.